The first-order valence-electron chi connectivity index (χ1n) is 6.07. The molecular formula is C12H27NO. The van der Waals surface area contributed by atoms with Gasteiger partial charge in [0.1, 0.15) is 0 Å². The van der Waals surface area contributed by atoms with E-state index in [2.05, 4.69) is 33.0 Å². The summed E-state index contributed by atoms with van der Waals surface area (Å²) < 4.78 is 5.51. The Morgan fingerprint density at radius 3 is 2.36 bits per heavy atom. The Morgan fingerprint density at radius 2 is 1.86 bits per heavy atom. The summed E-state index contributed by atoms with van der Waals surface area (Å²) in [5.41, 5.74) is 0. The van der Waals surface area contributed by atoms with Crippen molar-refractivity contribution in [3.63, 3.8) is 0 Å². The van der Waals surface area contributed by atoms with Crippen molar-refractivity contribution in [1.82, 2.24) is 5.32 Å². The van der Waals surface area contributed by atoms with Gasteiger partial charge in [0, 0.05) is 19.3 Å². The molecule has 0 aromatic rings. The van der Waals surface area contributed by atoms with Gasteiger partial charge in [-0.3, -0.25) is 0 Å². The monoisotopic (exact) mass is 201 g/mol. The summed E-state index contributed by atoms with van der Waals surface area (Å²) in [6.07, 6.45) is 3.50. The summed E-state index contributed by atoms with van der Waals surface area (Å²) in [6.45, 7) is 11.7. The van der Waals surface area contributed by atoms with Gasteiger partial charge < -0.3 is 10.1 Å². The fraction of sp³-hybridized carbons (Fsp3) is 1.00. The second kappa shape index (κ2) is 9.47. The topological polar surface area (TPSA) is 21.3 Å². The van der Waals surface area contributed by atoms with Crippen LogP contribution < -0.4 is 5.32 Å². The van der Waals surface area contributed by atoms with Crippen molar-refractivity contribution in [2.75, 3.05) is 19.8 Å². The summed E-state index contributed by atoms with van der Waals surface area (Å²) >= 11 is 0. The summed E-state index contributed by atoms with van der Waals surface area (Å²) in [6, 6.07) is 0.627. The van der Waals surface area contributed by atoms with Gasteiger partial charge in [-0.15, -0.1) is 0 Å². The van der Waals surface area contributed by atoms with Crippen LogP contribution in [0.2, 0.25) is 0 Å². The normalized spacial score (nSPS) is 15.4. The molecule has 0 spiro atoms. The summed E-state index contributed by atoms with van der Waals surface area (Å²) in [5, 5.41) is 3.53. The highest BCUT2D eigenvalue weighted by Gasteiger charge is 2.13. The van der Waals surface area contributed by atoms with Crippen LogP contribution in [0.25, 0.3) is 0 Å². The molecular weight excluding hydrogens is 174 g/mol. The number of rotatable bonds is 9. The average molecular weight is 201 g/mol. The molecule has 2 atom stereocenters. The van der Waals surface area contributed by atoms with E-state index in [9.17, 15) is 0 Å². The maximum atomic E-state index is 5.51. The van der Waals surface area contributed by atoms with Gasteiger partial charge in [-0.05, 0) is 25.3 Å². The molecule has 0 bridgehead atoms. The molecule has 0 radical (unpaired) electrons. The van der Waals surface area contributed by atoms with Gasteiger partial charge in [0.15, 0.2) is 0 Å². The minimum absolute atomic E-state index is 0.627. The van der Waals surface area contributed by atoms with E-state index in [1.807, 2.05) is 0 Å². The zero-order valence-electron chi connectivity index (χ0n) is 10.3. The second-order valence-corrected chi connectivity index (χ2v) is 3.95. The molecule has 2 nitrogen and oxygen atoms in total. The van der Waals surface area contributed by atoms with Gasteiger partial charge in [-0.25, -0.2) is 0 Å². The van der Waals surface area contributed by atoms with Gasteiger partial charge in [0.05, 0.1) is 0 Å². The molecule has 0 saturated heterocycles. The smallest absolute Gasteiger partial charge is 0.0480 e. The van der Waals surface area contributed by atoms with Crippen LogP contribution in [0.1, 0.15) is 47.0 Å². The van der Waals surface area contributed by atoms with Crippen LogP contribution in [0.4, 0.5) is 0 Å². The van der Waals surface area contributed by atoms with Gasteiger partial charge in [0.2, 0.25) is 0 Å². The van der Waals surface area contributed by atoms with Crippen molar-refractivity contribution in [1.29, 1.82) is 0 Å². The number of hydrogen-bond acceptors (Lipinski definition) is 2. The molecule has 0 aromatic carbocycles. The molecule has 2 heteroatoms. The van der Waals surface area contributed by atoms with Crippen LogP contribution in [0.15, 0.2) is 0 Å². The van der Waals surface area contributed by atoms with E-state index in [0.29, 0.717) is 6.04 Å². The van der Waals surface area contributed by atoms with Crippen LogP contribution in [0.3, 0.4) is 0 Å². The minimum Gasteiger partial charge on any atom is -0.381 e. The Bertz CT molecular complexity index is 117. The van der Waals surface area contributed by atoms with E-state index in [1.165, 1.54) is 6.42 Å². The third-order valence-electron chi connectivity index (χ3n) is 2.72. The van der Waals surface area contributed by atoms with Crippen molar-refractivity contribution < 1.29 is 4.74 Å². The first-order chi connectivity index (χ1) is 6.76. The minimum atomic E-state index is 0.627. The fourth-order valence-electron chi connectivity index (χ4n) is 1.59. The van der Waals surface area contributed by atoms with Crippen LogP contribution in [-0.2, 0) is 4.74 Å². The lowest BCUT2D eigenvalue weighted by Crippen LogP contribution is -2.35. The molecule has 86 valence electrons. The Kier molecular flexibility index (Phi) is 9.42. The van der Waals surface area contributed by atoms with Crippen molar-refractivity contribution in [3.8, 4) is 0 Å². The van der Waals surface area contributed by atoms with E-state index in [4.69, 9.17) is 4.74 Å². The van der Waals surface area contributed by atoms with Crippen LogP contribution >= 0.6 is 0 Å². The predicted molar refractivity (Wildman–Crippen MR) is 62.6 cm³/mol. The van der Waals surface area contributed by atoms with Crippen molar-refractivity contribution >= 4 is 0 Å². The summed E-state index contributed by atoms with van der Waals surface area (Å²) in [5.74, 6) is 0.750. The molecule has 0 aliphatic heterocycles. The van der Waals surface area contributed by atoms with Crippen LogP contribution in [0, 0.1) is 5.92 Å². The Morgan fingerprint density at radius 1 is 1.14 bits per heavy atom. The largest absolute Gasteiger partial charge is 0.381 e. The zero-order valence-corrected chi connectivity index (χ0v) is 10.3. The molecule has 0 amide bonds. The maximum absolute atomic E-state index is 5.51. The summed E-state index contributed by atoms with van der Waals surface area (Å²) in [4.78, 5) is 0. The number of nitrogens with one attached hydrogen (secondary N) is 1. The first-order valence-corrected chi connectivity index (χ1v) is 6.07. The molecule has 2 unspecified atom stereocenters. The second-order valence-electron chi connectivity index (χ2n) is 3.95. The lowest BCUT2D eigenvalue weighted by molar-refractivity contribution is 0.118. The molecule has 0 aliphatic rings. The fourth-order valence-corrected chi connectivity index (χ4v) is 1.59. The van der Waals surface area contributed by atoms with Crippen LogP contribution in [0.5, 0.6) is 0 Å². The van der Waals surface area contributed by atoms with Gasteiger partial charge in [0.25, 0.3) is 0 Å². The SMILES string of the molecule is CCCOCCC(NCC)C(C)CC. The van der Waals surface area contributed by atoms with Gasteiger partial charge in [-0.1, -0.05) is 34.1 Å². The average Bonchev–Trinajstić information content (AvgIpc) is 2.21. The molecule has 0 rings (SSSR count). The molecule has 0 heterocycles. The zero-order chi connectivity index (χ0) is 10.8. The van der Waals surface area contributed by atoms with Gasteiger partial charge >= 0.3 is 0 Å². The lowest BCUT2D eigenvalue weighted by atomic mass is 9.97. The van der Waals surface area contributed by atoms with E-state index < -0.39 is 0 Å². The van der Waals surface area contributed by atoms with Crippen molar-refractivity contribution in [2.24, 2.45) is 5.92 Å². The molecule has 0 fully saturated rings. The highest BCUT2D eigenvalue weighted by atomic mass is 16.5. The lowest BCUT2D eigenvalue weighted by Gasteiger charge is -2.23. The number of hydrogen-bond donors (Lipinski definition) is 1. The third-order valence-corrected chi connectivity index (χ3v) is 2.72. The maximum Gasteiger partial charge on any atom is 0.0480 e. The van der Waals surface area contributed by atoms with Crippen molar-refractivity contribution in [2.45, 2.75) is 53.0 Å². The Labute approximate surface area is 89.4 Å². The Hall–Kier alpha value is -0.0800. The molecule has 0 saturated carbocycles. The predicted octanol–water partition coefficient (Wildman–Crippen LogP) is 2.83. The van der Waals surface area contributed by atoms with Crippen molar-refractivity contribution in [3.05, 3.63) is 0 Å². The summed E-state index contributed by atoms with van der Waals surface area (Å²) in [7, 11) is 0. The van der Waals surface area contributed by atoms with Gasteiger partial charge in [-0.2, -0.15) is 0 Å². The van der Waals surface area contributed by atoms with E-state index in [1.54, 1.807) is 0 Å². The molecule has 1 N–H and O–H groups in total. The standard InChI is InChI=1S/C12H27NO/c1-5-9-14-10-8-12(13-7-3)11(4)6-2/h11-13H,5-10H2,1-4H3. The quantitative estimate of drug-likeness (QED) is 0.579. The van der Waals surface area contributed by atoms with E-state index >= 15 is 0 Å². The molecule has 0 aliphatic carbocycles. The Balaban J connectivity index is 3.61. The van der Waals surface area contributed by atoms with E-state index in [0.717, 1.165) is 38.5 Å². The highest BCUT2D eigenvalue weighted by molar-refractivity contribution is 4.71. The highest BCUT2D eigenvalue weighted by Crippen LogP contribution is 2.11. The first kappa shape index (κ1) is 13.9. The third kappa shape index (κ3) is 6.39. The molecule has 0 aromatic heterocycles. The van der Waals surface area contributed by atoms with Crippen LogP contribution in [-0.4, -0.2) is 25.8 Å². The van der Waals surface area contributed by atoms with E-state index in [-0.39, 0.29) is 0 Å². The molecule has 14 heavy (non-hydrogen) atoms. The number of ether oxygens (including phenoxy) is 1.